The van der Waals surface area contributed by atoms with Gasteiger partial charge in [-0.15, -0.1) is 0 Å². The molecule has 0 spiro atoms. The number of nitrogens with zero attached hydrogens (tertiary/aromatic N) is 1. The predicted octanol–water partition coefficient (Wildman–Crippen LogP) is -1.04. The summed E-state index contributed by atoms with van der Waals surface area (Å²) >= 11 is 0. The summed E-state index contributed by atoms with van der Waals surface area (Å²) in [6.45, 7) is 2.33. The van der Waals surface area contributed by atoms with Crippen molar-refractivity contribution in [3.8, 4) is 0 Å². The summed E-state index contributed by atoms with van der Waals surface area (Å²) in [5, 5.41) is 12.5. The maximum atomic E-state index is 11.6. The maximum Gasteiger partial charge on any atom is 0.249 e. The van der Waals surface area contributed by atoms with Crippen LogP contribution in [0.4, 0.5) is 0 Å². The zero-order chi connectivity index (χ0) is 10.7. The summed E-state index contributed by atoms with van der Waals surface area (Å²) in [7, 11) is 0. The number of ether oxygens (including phenoxy) is 1. The van der Waals surface area contributed by atoms with Gasteiger partial charge in [0, 0.05) is 12.6 Å². The molecule has 0 aliphatic carbocycles. The van der Waals surface area contributed by atoms with E-state index in [9.17, 15) is 4.79 Å². The molecule has 0 radical (unpaired) electrons. The van der Waals surface area contributed by atoms with E-state index in [1.54, 1.807) is 4.90 Å². The van der Waals surface area contributed by atoms with Gasteiger partial charge in [-0.1, -0.05) is 0 Å². The van der Waals surface area contributed by atoms with E-state index < -0.39 is 0 Å². The number of nitrogens with one attached hydrogen (secondary N) is 1. The summed E-state index contributed by atoms with van der Waals surface area (Å²) in [6, 6.07) is 0.231. The summed E-state index contributed by atoms with van der Waals surface area (Å²) in [5.74, 6) is -0.00556. The number of hydrogen-bond acceptors (Lipinski definition) is 4. The zero-order valence-electron chi connectivity index (χ0n) is 8.82. The van der Waals surface area contributed by atoms with E-state index in [1.807, 2.05) is 0 Å². The van der Waals surface area contributed by atoms with Crippen LogP contribution in [0.3, 0.4) is 0 Å². The first-order chi connectivity index (χ1) is 7.31. The third-order valence-electron chi connectivity index (χ3n) is 3.09. The largest absolute Gasteiger partial charge is 0.394 e. The van der Waals surface area contributed by atoms with Crippen molar-refractivity contribution in [1.82, 2.24) is 10.2 Å². The van der Waals surface area contributed by atoms with Crippen molar-refractivity contribution in [3.63, 3.8) is 0 Å². The normalized spacial score (nSPS) is 32.3. The number of hydrogen-bond donors (Lipinski definition) is 2. The molecule has 5 heteroatoms. The van der Waals surface area contributed by atoms with Crippen LogP contribution in [-0.2, 0) is 9.53 Å². The summed E-state index contributed by atoms with van der Waals surface area (Å²) in [4.78, 5) is 13.4. The molecule has 86 valence electrons. The third-order valence-corrected chi connectivity index (χ3v) is 3.09. The molecule has 2 rings (SSSR count). The molecule has 2 atom stereocenters. The summed E-state index contributed by atoms with van der Waals surface area (Å²) in [5.41, 5.74) is 0. The molecule has 0 aromatic carbocycles. The topological polar surface area (TPSA) is 61.8 Å². The van der Waals surface area contributed by atoms with Crippen molar-refractivity contribution in [3.05, 3.63) is 0 Å². The van der Waals surface area contributed by atoms with Crippen LogP contribution in [0.1, 0.15) is 12.8 Å². The van der Waals surface area contributed by atoms with Gasteiger partial charge in [-0.25, -0.2) is 0 Å². The minimum absolute atomic E-state index is 0.00556. The van der Waals surface area contributed by atoms with Crippen LogP contribution in [0.25, 0.3) is 0 Å². The quantitative estimate of drug-likeness (QED) is 0.630. The van der Waals surface area contributed by atoms with E-state index in [1.165, 1.54) is 6.42 Å². The Morgan fingerprint density at radius 3 is 3.13 bits per heavy atom. The van der Waals surface area contributed by atoms with E-state index in [2.05, 4.69) is 5.32 Å². The summed E-state index contributed by atoms with van der Waals surface area (Å²) < 4.78 is 5.11. The second-order valence-corrected chi connectivity index (χ2v) is 4.19. The number of carbonyl (C=O) groups excluding carboxylic acids is 1. The Hall–Kier alpha value is -0.650. The zero-order valence-corrected chi connectivity index (χ0v) is 8.82. The van der Waals surface area contributed by atoms with Gasteiger partial charge in [0.05, 0.1) is 19.3 Å². The third kappa shape index (κ3) is 2.48. The van der Waals surface area contributed by atoms with Crippen molar-refractivity contribution in [2.24, 2.45) is 0 Å². The van der Waals surface area contributed by atoms with Crippen molar-refractivity contribution in [2.45, 2.75) is 24.9 Å². The van der Waals surface area contributed by atoms with Gasteiger partial charge in [-0.2, -0.15) is 0 Å². The molecule has 0 bridgehead atoms. The molecule has 0 saturated carbocycles. The molecular weight excluding hydrogens is 196 g/mol. The maximum absolute atomic E-state index is 11.6. The molecular formula is C10H18N2O3. The Morgan fingerprint density at radius 2 is 2.47 bits per heavy atom. The van der Waals surface area contributed by atoms with Crippen molar-refractivity contribution in [1.29, 1.82) is 0 Å². The highest BCUT2D eigenvalue weighted by atomic mass is 16.5. The number of rotatable bonds is 3. The first-order valence-electron chi connectivity index (χ1n) is 5.52. The van der Waals surface area contributed by atoms with Crippen molar-refractivity contribution in [2.75, 3.05) is 32.9 Å². The smallest absolute Gasteiger partial charge is 0.249 e. The second-order valence-electron chi connectivity index (χ2n) is 4.19. The van der Waals surface area contributed by atoms with Gasteiger partial charge >= 0.3 is 0 Å². The second kappa shape index (κ2) is 4.92. The van der Waals surface area contributed by atoms with Gasteiger partial charge in [-0.3, -0.25) is 4.79 Å². The van der Waals surface area contributed by atoms with Crippen LogP contribution < -0.4 is 5.32 Å². The molecule has 2 unspecified atom stereocenters. The number of aliphatic hydroxyl groups is 1. The van der Waals surface area contributed by atoms with E-state index in [4.69, 9.17) is 9.84 Å². The molecule has 2 N–H and O–H groups in total. The number of morpholine rings is 1. The van der Waals surface area contributed by atoms with Gasteiger partial charge < -0.3 is 20.1 Å². The number of aliphatic hydroxyl groups excluding tert-OH is 1. The molecule has 2 aliphatic heterocycles. The van der Waals surface area contributed by atoms with E-state index >= 15 is 0 Å². The average Bonchev–Trinajstić information content (AvgIpc) is 2.74. The lowest BCUT2D eigenvalue weighted by Crippen LogP contribution is -2.54. The van der Waals surface area contributed by atoms with Crippen LogP contribution in [-0.4, -0.2) is 60.9 Å². The Balaban J connectivity index is 1.93. The minimum Gasteiger partial charge on any atom is -0.394 e. The Labute approximate surface area is 89.4 Å². The van der Waals surface area contributed by atoms with Crippen molar-refractivity contribution < 1.29 is 14.6 Å². The van der Waals surface area contributed by atoms with Crippen molar-refractivity contribution >= 4 is 5.91 Å². The van der Waals surface area contributed by atoms with Gasteiger partial charge in [0.2, 0.25) is 5.91 Å². The van der Waals surface area contributed by atoms with Gasteiger partial charge in [0.1, 0.15) is 6.61 Å². The van der Waals surface area contributed by atoms with E-state index in [0.717, 1.165) is 13.0 Å². The lowest BCUT2D eigenvalue weighted by Gasteiger charge is -2.36. The molecule has 5 nitrogen and oxygen atoms in total. The highest BCUT2D eigenvalue weighted by Crippen LogP contribution is 2.12. The molecule has 0 aromatic rings. The first-order valence-corrected chi connectivity index (χ1v) is 5.52. The van der Waals surface area contributed by atoms with Crippen LogP contribution in [0, 0.1) is 0 Å². The van der Waals surface area contributed by atoms with Gasteiger partial charge in [-0.05, 0) is 19.4 Å². The SMILES string of the molecule is O=C1COCC(CO)N1CC1CCCN1. The molecule has 15 heavy (non-hydrogen) atoms. The fraction of sp³-hybridized carbons (Fsp3) is 0.900. The average molecular weight is 214 g/mol. The Morgan fingerprint density at radius 1 is 1.60 bits per heavy atom. The van der Waals surface area contributed by atoms with E-state index in [-0.39, 0.29) is 25.2 Å². The highest BCUT2D eigenvalue weighted by molar-refractivity contribution is 5.78. The van der Waals surface area contributed by atoms with Crippen LogP contribution in [0.2, 0.25) is 0 Å². The number of amides is 1. The highest BCUT2D eigenvalue weighted by Gasteiger charge is 2.30. The van der Waals surface area contributed by atoms with Crippen LogP contribution in [0.15, 0.2) is 0 Å². The van der Waals surface area contributed by atoms with Gasteiger partial charge in [0.15, 0.2) is 0 Å². The van der Waals surface area contributed by atoms with Crippen LogP contribution in [0.5, 0.6) is 0 Å². The first kappa shape index (κ1) is 10.9. The minimum atomic E-state index is -0.159. The Bertz CT molecular complexity index is 229. The monoisotopic (exact) mass is 214 g/mol. The number of carbonyl (C=O) groups is 1. The molecule has 0 aromatic heterocycles. The van der Waals surface area contributed by atoms with Crippen LogP contribution >= 0.6 is 0 Å². The molecule has 2 saturated heterocycles. The molecule has 1 amide bonds. The summed E-state index contributed by atoms with van der Waals surface area (Å²) in [6.07, 6.45) is 2.29. The molecule has 2 heterocycles. The molecule has 2 fully saturated rings. The predicted molar refractivity (Wildman–Crippen MR) is 54.4 cm³/mol. The van der Waals surface area contributed by atoms with Gasteiger partial charge in [0.25, 0.3) is 0 Å². The fourth-order valence-corrected chi connectivity index (χ4v) is 2.21. The van der Waals surface area contributed by atoms with E-state index in [0.29, 0.717) is 19.2 Å². The fourth-order valence-electron chi connectivity index (χ4n) is 2.21. The lowest BCUT2D eigenvalue weighted by atomic mass is 10.1. The molecule has 2 aliphatic rings. The lowest BCUT2D eigenvalue weighted by molar-refractivity contribution is -0.150. The standard InChI is InChI=1S/C10H18N2O3/c13-5-9-6-15-7-10(14)12(9)4-8-2-1-3-11-8/h8-9,11,13H,1-7H2. The Kier molecular flexibility index (Phi) is 3.56.